The molecule has 1 heterocycles. The Kier molecular flexibility index (Phi) is 5.84. The van der Waals surface area contributed by atoms with Crippen LogP contribution in [-0.4, -0.2) is 22.4 Å². The van der Waals surface area contributed by atoms with Gasteiger partial charge in [0.2, 0.25) is 0 Å². The fourth-order valence-electron chi connectivity index (χ4n) is 2.92. The summed E-state index contributed by atoms with van der Waals surface area (Å²) in [5.41, 5.74) is 0.449. The highest BCUT2D eigenvalue weighted by Gasteiger charge is 2.33. The molecule has 0 aliphatic heterocycles. The van der Waals surface area contributed by atoms with E-state index in [-0.39, 0.29) is 34.5 Å². The van der Waals surface area contributed by atoms with Gasteiger partial charge in [0.05, 0.1) is 0 Å². The molecule has 0 radical (unpaired) electrons. The van der Waals surface area contributed by atoms with Crippen LogP contribution < -0.4 is 14.2 Å². The highest BCUT2D eigenvalue weighted by Crippen LogP contribution is 2.47. The van der Waals surface area contributed by atoms with Gasteiger partial charge in [-0.2, -0.15) is 0 Å². The van der Waals surface area contributed by atoms with E-state index in [4.69, 9.17) is 21.1 Å². The molecular weight excluding hydrogens is 451 g/mol. The predicted molar refractivity (Wildman–Crippen MR) is 108 cm³/mol. The number of carboxylic acid groups (broad SMARTS) is 1. The van der Waals surface area contributed by atoms with E-state index < -0.39 is 23.1 Å². The van der Waals surface area contributed by atoms with Gasteiger partial charge in [0.15, 0.2) is 17.2 Å². The number of aromatic carboxylic acids is 1. The summed E-state index contributed by atoms with van der Waals surface area (Å²) in [5, 5.41) is 9.01. The average Bonchev–Trinajstić information content (AvgIpc) is 3.58. The van der Waals surface area contributed by atoms with Gasteiger partial charge in [-0.1, -0.05) is 29.8 Å². The quantitative estimate of drug-likeness (QED) is 0.413. The number of hydrogen-bond acceptors (Lipinski definition) is 5. The van der Waals surface area contributed by atoms with E-state index in [0.29, 0.717) is 5.69 Å². The summed E-state index contributed by atoms with van der Waals surface area (Å²) >= 11 is 6.17. The third-order valence-electron chi connectivity index (χ3n) is 4.55. The van der Waals surface area contributed by atoms with E-state index in [1.807, 2.05) is 0 Å². The van der Waals surface area contributed by atoms with E-state index in [9.17, 15) is 23.1 Å². The van der Waals surface area contributed by atoms with Gasteiger partial charge >= 0.3 is 12.3 Å². The van der Waals surface area contributed by atoms with Gasteiger partial charge < -0.3 is 19.3 Å². The van der Waals surface area contributed by atoms with Crippen molar-refractivity contribution in [3.05, 3.63) is 71.0 Å². The van der Waals surface area contributed by atoms with Crippen molar-refractivity contribution in [1.29, 1.82) is 0 Å². The summed E-state index contributed by atoms with van der Waals surface area (Å²) in [5.74, 6) is -1.87. The Balaban J connectivity index is 1.77. The Labute approximate surface area is 185 Å². The summed E-state index contributed by atoms with van der Waals surface area (Å²) < 4.78 is 53.8. The molecule has 1 aromatic heterocycles. The number of alkyl halides is 3. The van der Waals surface area contributed by atoms with Crippen LogP contribution >= 0.6 is 11.6 Å². The van der Waals surface area contributed by atoms with E-state index >= 15 is 0 Å². The summed E-state index contributed by atoms with van der Waals surface area (Å²) in [6.45, 7) is 0. The van der Waals surface area contributed by atoms with Crippen molar-refractivity contribution >= 4 is 17.6 Å². The van der Waals surface area contributed by atoms with Crippen molar-refractivity contribution in [2.45, 2.75) is 25.1 Å². The highest BCUT2D eigenvalue weighted by atomic mass is 35.5. The van der Waals surface area contributed by atoms with Crippen molar-refractivity contribution in [3.63, 3.8) is 0 Å². The molecule has 1 aliphatic rings. The largest absolute Gasteiger partial charge is 0.573 e. The van der Waals surface area contributed by atoms with Crippen LogP contribution in [0.1, 0.15) is 34.8 Å². The minimum Gasteiger partial charge on any atom is -0.477 e. The molecular formula is C22H15ClF3NO5. The zero-order chi connectivity index (χ0) is 22.9. The molecule has 2 aromatic carbocycles. The van der Waals surface area contributed by atoms with Gasteiger partial charge in [-0.05, 0) is 37.1 Å². The molecule has 0 bridgehead atoms. The molecule has 32 heavy (non-hydrogen) atoms. The first-order valence-corrected chi connectivity index (χ1v) is 9.81. The summed E-state index contributed by atoms with van der Waals surface area (Å²) in [6, 6.07) is 11.8. The molecule has 6 nitrogen and oxygen atoms in total. The van der Waals surface area contributed by atoms with E-state index in [1.54, 1.807) is 30.3 Å². The number of hydrogen-bond donors (Lipinski definition) is 1. The molecule has 0 unspecified atom stereocenters. The van der Waals surface area contributed by atoms with E-state index in [1.165, 1.54) is 12.3 Å². The lowest BCUT2D eigenvalue weighted by Crippen LogP contribution is -2.17. The van der Waals surface area contributed by atoms with Crippen LogP contribution in [0, 0.1) is 0 Å². The Bertz CT molecular complexity index is 1150. The number of ether oxygens (including phenoxy) is 3. The number of carbonyl (C=O) groups is 1. The first-order valence-electron chi connectivity index (χ1n) is 9.43. The van der Waals surface area contributed by atoms with Crippen molar-refractivity contribution in [3.8, 4) is 28.7 Å². The fourth-order valence-corrected chi connectivity index (χ4v) is 3.16. The third kappa shape index (κ3) is 5.05. The minimum absolute atomic E-state index is 0.0344. The van der Waals surface area contributed by atoms with Crippen LogP contribution in [0.25, 0.3) is 0 Å². The third-order valence-corrected chi connectivity index (χ3v) is 4.91. The van der Waals surface area contributed by atoms with Crippen LogP contribution in [0.5, 0.6) is 28.7 Å². The number of nitrogens with zero attached hydrogens (tertiary/aromatic N) is 1. The van der Waals surface area contributed by atoms with E-state index in [2.05, 4.69) is 9.72 Å². The first-order chi connectivity index (χ1) is 15.2. The van der Waals surface area contributed by atoms with Crippen LogP contribution in [0.3, 0.4) is 0 Å². The number of aromatic nitrogens is 1. The summed E-state index contributed by atoms with van der Waals surface area (Å²) in [7, 11) is 0. The molecule has 1 saturated carbocycles. The maximum Gasteiger partial charge on any atom is 0.573 e. The molecule has 0 saturated heterocycles. The first kappa shape index (κ1) is 21.8. The molecule has 3 aromatic rings. The van der Waals surface area contributed by atoms with Crippen molar-refractivity contribution in [1.82, 2.24) is 4.98 Å². The van der Waals surface area contributed by atoms with Crippen molar-refractivity contribution in [2.24, 2.45) is 0 Å². The van der Waals surface area contributed by atoms with Gasteiger partial charge in [-0.25, -0.2) is 4.79 Å². The maximum atomic E-state index is 12.8. The second kappa shape index (κ2) is 8.58. The highest BCUT2D eigenvalue weighted by molar-refractivity contribution is 6.33. The Morgan fingerprint density at radius 1 is 1.03 bits per heavy atom. The zero-order valence-corrected chi connectivity index (χ0v) is 17.0. The van der Waals surface area contributed by atoms with Crippen LogP contribution in [0.4, 0.5) is 13.2 Å². The number of benzene rings is 2. The lowest BCUT2D eigenvalue weighted by Gasteiger charge is -2.18. The number of carboxylic acids is 1. The second-order valence-electron chi connectivity index (χ2n) is 6.95. The molecule has 1 fully saturated rings. The zero-order valence-electron chi connectivity index (χ0n) is 16.2. The average molecular weight is 466 g/mol. The Hall–Kier alpha value is -3.46. The van der Waals surface area contributed by atoms with Gasteiger partial charge in [-0.15, -0.1) is 13.2 Å². The summed E-state index contributed by atoms with van der Waals surface area (Å²) in [6.07, 6.45) is -1.93. The molecule has 0 atom stereocenters. The molecule has 4 rings (SSSR count). The fraction of sp³-hybridized carbons (Fsp3) is 0.182. The monoisotopic (exact) mass is 465 g/mol. The summed E-state index contributed by atoms with van der Waals surface area (Å²) in [4.78, 5) is 15.8. The van der Waals surface area contributed by atoms with E-state index in [0.717, 1.165) is 25.0 Å². The molecule has 166 valence electrons. The smallest absolute Gasteiger partial charge is 0.477 e. The van der Waals surface area contributed by atoms with Gasteiger partial charge in [0.25, 0.3) is 0 Å². The van der Waals surface area contributed by atoms with Crippen LogP contribution in [-0.2, 0) is 0 Å². The van der Waals surface area contributed by atoms with Crippen LogP contribution in [0.15, 0.2) is 54.7 Å². The molecule has 1 aliphatic carbocycles. The van der Waals surface area contributed by atoms with Gasteiger partial charge in [-0.3, -0.25) is 4.98 Å². The number of pyridine rings is 1. The Morgan fingerprint density at radius 2 is 1.72 bits per heavy atom. The lowest BCUT2D eigenvalue weighted by molar-refractivity contribution is -0.274. The maximum absolute atomic E-state index is 12.8. The van der Waals surface area contributed by atoms with Crippen LogP contribution in [0.2, 0.25) is 5.02 Å². The molecule has 0 amide bonds. The predicted octanol–water partition coefficient (Wildman–Crippen LogP) is 6.79. The normalized spacial score (nSPS) is 13.5. The lowest BCUT2D eigenvalue weighted by atomic mass is 10.2. The standard InChI is InChI=1S/C22H15ClF3NO5/c23-19-16(32-22(24,25)26)8-9-17(20(19)30-13-4-2-1-3-5-13)31-18-10-15(12-6-7-12)27-11-14(18)21(28)29/h1-5,8-12H,6-7H2,(H,28,29). The molecule has 10 heteroatoms. The SMILES string of the molecule is O=C(O)c1cnc(C2CC2)cc1Oc1ccc(OC(F)(F)F)c(Cl)c1Oc1ccccc1. The second-order valence-corrected chi connectivity index (χ2v) is 7.33. The van der Waals surface area contributed by atoms with Crippen molar-refractivity contribution in [2.75, 3.05) is 0 Å². The molecule has 0 spiro atoms. The topological polar surface area (TPSA) is 77.9 Å². The number of para-hydroxylation sites is 1. The van der Waals surface area contributed by atoms with Gasteiger partial charge in [0.1, 0.15) is 22.1 Å². The van der Waals surface area contributed by atoms with Gasteiger partial charge in [0, 0.05) is 23.9 Å². The molecule has 1 N–H and O–H groups in total. The number of rotatable bonds is 7. The Morgan fingerprint density at radius 3 is 2.34 bits per heavy atom. The minimum atomic E-state index is -4.98. The number of halogens is 4. The van der Waals surface area contributed by atoms with Crippen molar-refractivity contribution < 1.29 is 37.3 Å².